The number of ether oxygens (including phenoxy) is 1. The van der Waals surface area contributed by atoms with Gasteiger partial charge < -0.3 is 9.84 Å². The fourth-order valence-electron chi connectivity index (χ4n) is 2.76. The Morgan fingerprint density at radius 1 is 1.48 bits per heavy atom. The molecule has 1 aliphatic rings. The molecule has 1 aromatic carbocycles. The zero-order chi connectivity index (χ0) is 15.2. The predicted octanol–water partition coefficient (Wildman–Crippen LogP) is 3.50. The van der Waals surface area contributed by atoms with Gasteiger partial charge >= 0.3 is 0 Å². The minimum atomic E-state index is -0.192. The molecular weight excluding hydrogens is 286 g/mol. The number of aliphatic hydroxyl groups is 1. The van der Waals surface area contributed by atoms with E-state index in [1.807, 2.05) is 19.1 Å². The lowest BCUT2D eigenvalue weighted by atomic mass is 9.92. The van der Waals surface area contributed by atoms with Crippen molar-refractivity contribution in [3.05, 3.63) is 41.4 Å². The van der Waals surface area contributed by atoms with Crippen LogP contribution in [0.1, 0.15) is 25.3 Å². The van der Waals surface area contributed by atoms with Crippen LogP contribution in [0.3, 0.4) is 0 Å². The first-order valence-electron chi connectivity index (χ1n) is 7.52. The van der Waals surface area contributed by atoms with Gasteiger partial charge in [-0.2, -0.15) is 0 Å². The molecule has 3 nitrogen and oxygen atoms in total. The standard InChI is InChI=1S/C17H24ClNO2/c1-3-10-21-17-5-4-14(11-16(17)18)12-19-8-6-15(7-9-19)13(2)20/h3-5,11,13,15,20H,1,6-10,12H2,2H3. The summed E-state index contributed by atoms with van der Waals surface area (Å²) >= 11 is 6.24. The summed E-state index contributed by atoms with van der Waals surface area (Å²) in [6.07, 6.45) is 3.64. The first-order valence-corrected chi connectivity index (χ1v) is 7.90. The Kier molecular flexibility index (Phi) is 6.09. The SMILES string of the molecule is C=CCOc1ccc(CN2CCC(C(C)O)CC2)cc1Cl. The van der Waals surface area contributed by atoms with Crippen LogP contribution in [0.15, 0.2) is 30.9 Å². The van der Waals surface area contributed by atoms with Gasteiger partial charge in [0.1, 0.15) is 12.4 Å². The highest BCUT2D eigenvalue weighted by Crippen LogP contribution is 2.27. The average Bonchev–Trinajstić information content (AvgIpc) is 2.47. The summed E-state index contributed by atoms with van der Waals surface area (Å²) in [5.74, 6) is 1.15. The largest absolute Gasteiger partial charge is 0.488 e. The number of benzene rings is 1. The number of hydrogen-bond donors (Lipinski definition) is 1. The molecule has 1 fully saturated rings. The van der Waals surface area contributed by atoms with Crippen LogP contribution < -0.4 is 4.74 Å². The highest BCUT2D eigenvalue weighted by atomic mass is 35.5. The Hall–Kier alpha value is -1.03. The van der Waals surface area contributed by atoms with Crippen molar-refractivity contribution in [1.29, 1.82) is 0 Å². The normalized spacial score (nSPS) is 18.4. The lowest BCUT2D eigenvalue weighted by Crippen LogP contribution is -2.36. The predicted molar refractivity (Wildman–Crippen MR) is 86.8 cm³/mol. The molecule has 1 atom stereocenters. The summed E-state index contributed by atoms with van der Waals surface area (Å²) in [6.45, 7) is 8.94. The topological polar surface area (TPSA) is 32.7 Å². The third-order valence-corrected chi connectivity index (χ3v) is 4.37. The molecule has 1 N–H and O–H groups in total. The van der Waals surface area contributed by atoms with Crippen molar-refractivity contribution in [2.75, 3.05) is 19.7 Å². The van der Waals surface area contributed by atoms with Crippen LogP contribution in [0.25, 0.3) is 0 Å². The van der Waals surface area contributed by atoms with Gasteiger partial charge in [0, 0.05) is 6.54 Å². The number of halogens is 1. The smallest absolute Gasteiger partial charge is 0.138 e. The lowest BCUT2D eigenvalue weighted by molar-refractivity contribution is 0.0695. The fourth-order valence-corrected chi connectivity index (χ4v) is 3.02. The van der Waals surface area contributed by atoms with E-state index in [4.69, 9.17) is 16.3 Å². The van der Waals surface area contributed by atoms with E-state index in [1.165, 1.54) is 5.56 Å². The number of rotatable bonds is 6. The van der Waals surface area contributed by atoms with E-state index in [-0.39, 0.29) is 6.10 Å². The minimum absolute atomic E-state index is 0.192. The summed E-state index contributed by atoms with van der Waals surface area (Å²) in [4.78, 5) is 2.41. The Morgan fingerprint density at radius 2 is 2.19 bits per heavy atom. The van der Waals surface area contributed by atoms with Gasteiger partial charge in [0.25, 0.3) is 0 Å². The van der Waals surface area contributed by atoms with Gasteiger partial charge in [-0.1, -0.05) is 30.3 Å². The second-order valence-electron chi connectivity index (χ2n) is 5.72. The Morgan fingerprint density at radius 3 is 2.76 bits per heavy atom. The Labute approximate surface area is 132 Å². The zero-order valence-corrected chi connectivity index (χ0v) is 13.4. The van der Waals surface area contributed by atoms with Crippen molar-refractivity contribution in [1.82, 2.24) is 4.90 Å². The molecular formula is C17H24ClNO2. The second-order valence-corrected chi connectivity index (χ2v) is 6.13. The van der Waals surface area contributed by atoms with Gasteiger partial charge in [-0.05, 0) is 56.5 Å². The fraction of sp³-hybridized carbons (Fsp3) is 0.529. The third kappa shape index (κ3) is 4.73. The van der Waals surface area contributed by atoms with Crippen LogP contribution in [-0.2, 0) is 6.54 Å². The quantitative estimate of drug-likeness (QED) is 0.816. The summed E-state index contributed by atoms with van der Waals surface area (Å²) in [7, 11) is 0. The van der Waals surface area contributed by atoms with E-state index < -0.39 is 0 Å². The van der Waals surface area contributed by atoms with Crippen LogP contribution in [-0.4, -0.2) is 35.8 Å². The monoisotopic (exact) mass is 309 g/mol. The van der Waals surface area contributed by atoms with Gasteiger partial charge in [0.05, 0.1) is 11.1 Å². The molecule has 1 aromatic rings. The highest BCUT2D eigenvalue weighted by molar-refractivity contribution is 6.32. The number of hydrogen-bond acceptors (Lipinski definition) is 3. The van der Waals surface area contributed by atoms with E-state index in [0.29, 0.717) is 23.3 Å². The zero-order valence-electron chi connectivity index (χ0n) is 12.6. The van der Waals surface area contributed by atoms with E-state index in [0.717, 1.165) is 32.5 Å². The maximum Gasteiger partial charge on any atom is 0.138 e. The first kappa shape index (κ1) is 16.3. The number of likely N-dealkylation sites (tertiary alicyclic amines) is 1. The minimum Gasteiger partial charge on any atom is -0.488 e. The molecule has 1 heterocycles. The molecule has 0 saturated carbocycles. The molecule has 116 valence electrons. The van der Waals surface area contributed by atoms with Crippen LogP contribution in [0.4, 0.5) is 0 Å². The van der Waals surface area contributed by atoms with E-state index >= 15 is 0 Å². The summed E-state index contributed by atoms with van der Waals surface area (Å²) < 4.78 is 5.48. The molecule has 0 radical (unpaired) electrons. The third-order valence-electron chi connectivity index (χ3n) is 4.07. The molecule has 0 aromatic heterocycles. The Balaban J connectivity index is 1.89. The molecule has 4 heteroatoms. The van der Waals surface area contributed by atoms with Crippen LogP contribution >= 0.6 is 11.6 Å². The summed E-state index contributed by atoms with van der Waals surface area (Å²) in [5.41, 5.74) is 1.20. The number of nitrogens with zero attached hydrogens (tertiary/aromatic N) is 1. The maximum absolute atomic E-state index is 9.63. The molecule has 0 spiro atoms. The van der Waals surface area contributed by atoms with Crippen molar-refractivity contribution >= 4 is 11.6 Å². The van der Waals surface area contributed by atoms with Crippen LogP contribution in [0, 0.1) is 5.92 Å². The highest BCUT2D eigenvalue weighted by Gasteiger charge is 2.22. The summed E-state index contributed by atoms with van der Waals surface area (Å²) in [6, 6.07) is 5.95. The number of aliphatic hydroxyl groups excluding tert-OH is 1. The van der Waals surface area contributed by atoms with Gasteiger partial charge in [0.15, 0.2) is 0 Å². The summed E-state index contributed by atoms with van der Waals surface area (Å²) in [5, 5.41) is 10.3. The van der Waals surface area contributed by atoms with Crippen molar-refractivity contribution in [3.8, 4) is 5.75 Å². The van der Waals surface area contributed by atoms with Gasteiger partial charge in [-0.25, -0.2) is 0 Å². The molecule has 0 aliphatic carbocycles. The molecule has 0 amide bonds. The molecule has 1 aliphatic heterocycles. The number of piperidine rings is 1. The van der Waals surface area contributed by atoms with Crippen molar-refractivity contribution < 1.29 is 9.84 Å². The maximum atomic E-state index is 9.63. The van der Waals surface area contributed by atoms with Gasteiger partial charge in [-0.15, -0.1) is 0 Å². The van der Waals surface area contributed by atoms with Crippen LogP contribution in [0.2, 0.25) is 5.02 Å². The average molecular weight is 310 g/mol. The molecule has 1 saturated heterocycles. The Bertz CT molecular complexity index is 468. The van der Waals surface area contributed by atoms with Crippen molar-refractivity contribution in [2.24, 2.45) is 5.92 Å². The molecule has 1 unspecified atom stereocenters. The van der Waals surface area contributed by atoms with E-state index in [9.17, 15) is 5.11 Å². The van der Waals surface area contributed by atoms with Crippen molar-refractivity contribution in [2.45, 2.75) is 32.4 Å². The van der Waals surface area contributed by atoms with E-state index in [1.54, 1.807) is 6.08 Å². The molecule has 21 heavy (non-hydrogen) atoms. The van der Waals surface area contributed by atoms with E-state index in [2.05, 4.69) is 17.5 Å². The van der Waals surface area contributed by atoms with Gasteiger partial charge in [0.2, 0.25) is 0 Å². The van der Waals surface area contributed by atoms with Gasteiger partial charge in [-0.3, -0.25) is 4.90 Å². The van der Waals surface area contributed by atoms with Crippen LogP contribution in [0.5, 0.6) is 5.75 Å². The lowest BCUT2D eigenvalue weighted by Gasteiger charge is -2.33. The van der Waals surface area contributed by atoms with Crippen molar-refractivity contribution in [3.63, 3.8) is 0 Å². The molecule has 2 rings (SSSR count). The second kappa shape index (κ2) is 7.83. The molecule has 0 bridgehead atoms. The first-order chi connectivity index (χ1) is 10.1.